The molecule has 2 N–H and O–H groups in total. The van der Waals surface area contributed by atoms with E-state index in [0.717, 1.165) is 11.1 Å². The van der Waals surface area contributed by atoms with E-state index < -0.39 is 5.97 Å². The molecular formula is C16H16N2O2. The van der Waals surface area contributed by atoms with Gasteiger partial charge in [-0.2, -0.15) is 0 Å². The zero-order chi connectivity index (χ0) is 14.4. The van der Waals surface area contributed by atoms with Gasteiger partial charge in [0.05, 0.1) is 5.56 Å². The third-order valence-corrected chi connectivity index (χ3v) is 2.76. The molecule has 2 rings (SSSR count). The lowest BCUT2D eigenvalue weighted by molar-refractivity contribution is 0.0515. The number of hydrogen-bond acceptors (Lipinski definition) is 3. The van der Waals surface area contributed by atoms with Crippen LogP contribution >= 0.6 is 0 Å². The molecule has 4 nitrogen and oxygen atoms in total. The molecule has 0 atom stereocenters. The normalized spacial score (nSPS) is 11.2. The van der Waals surface area contributed by atoms with Crippen LogP contribution in [0, 0.1) is 6.92 Å². The van der Waals surface area contributed by atoms with E-state index >= 15 is 0 Å². The molecule has 0 bridgehead atoms. The van der Waals surface area contributed by atoms with E-state index in [4.69, 9.17) is 10.6 Å². The average Bonchev–Trinajstić information content (AvgIpc) is 2.46. The first-order valence-corrected chi connectivity index (χ1v) is 6.29. The fourth-order valence-corrected chi connectivity index (χ4v) is 1.68. The smallest absolute Gasteiger partial charge is 0.365 e. The van der Waals surface area contributed by atoms with Crippen molar-refractivity contribution in [1.82, 2.24) is 0 Å². The zero-order valence-electron chi connectivity index (χ0n) is 11.2. The van der Waals surface area contributed by atoms with Crippen molar-refractivity contribution in [3.63, 3.8) is 0 Å². The van der Waals surface area contributed by atoms with E-state index in [1.54, 1.807) is 12.1 Å². The van der Waals surface area contributed by atoms with Crippen molar-refractivity contribution >= 4 is 11.8 Å². The van der Waals surface area contributed by atoms with Crippen LogP contribution in [0.1, 0.15) is 21.5 Å². The number of hydrogen-bond donors (Lipinski definition) is 1. The standard InChI is InChI=1S/C16H16N2O2/c1-12-7-9-14(10-8-12)16(19)20-18-15(17)11-13-5-3-2-4-6-13/h2-10H,11H2,1H3,(H2,17,18). The second-order valence-electron chi connectivity index (χ2n) is 4.49. The topological polar surface area (TPSA) is 64.7 Å². The van der Waals surface area contributed by atoms with Gasteiger partial charge in [-0.1, -0.05) is 53.2 Å². The Labute approximate surface area is 117 Å². The summed E-state index contributed by atoms with van der Waals surface area (Å²) in [6.07, 6.45) is 0.446. The summed E-state index contributed by atoms with van der Waals surface area (Å²) >= 11 is 0. The van der Waals surface area contributed by atoms with Crippen molar-refractivity contribution in [2.75, 3.05) is 0 Å². The quantitative estimate of drug-likeness (QED) is 0.401. The summed E-state index contributed by atoms with van der Waals surface area (Å²) in [4.78, 5) is 16.6. The van der Waals surface area contributed by atoms with Gasteiger partial charge in [0.25, 0.3) is 0 Å². The molecule has 0 saturated heterocycles. The van der Waals surface area contributed by atoms with Crippen LogP contribution in [-0.4, -0.2) is 11.8 Å². The van der Waals surface area contributed by atoms with Gasteiger partial charge < -0.3 is 10.6 Å². The van der Waals surface area contributed by atoms with Gasteiger partial charge in [-0.05, 0) is 24.6 Å². The molecule has 0 fully saturated rings. The molecule has 0 aliphatic heterocycles. The molecule has 0 aliphatic rings. The Morgan fingerprint density at radius 2 is 1.75 bits per heavy atom. The number of benzene rings is 2. The maximum Gasteiger partial charge on any atom is 0.365 e. The molecule has 0 aromatic heterocycles. The second kappa shape index (κ2) is 6.52. The Morgan fingerprint density at radius 1 is 1.10 bits per heavy atom. The van der Waals surface area contributed by atoms with Gasteiger partial charge in [0.2, 0.25) is 0 Å². The van der Waals surface area contributed by atoms with Gasteiger partial charge in [-0.15, -0.1) is 0 Å². The number of rotatable bonds is 4. The number of amidine groups is 1. The highest BCUT2D eigenvalue weighted by atomic mass is 16.7. The number of carbonyl (C=O) groups is 1. The summed E-state index contributed by atoms with van der Waals surface area (Å²) in [5.74, 6) is -0.252. The molecule has 2 aromatic carbocycles. The highest BCUT2D eigenvalue weighted by Crippen LogP contribution is 2.05. The maximum atomic E-state index is 11.7. The SMILES string of the molecule is Cc1ccc(C(=O)O/N=C(/N)Cc2ccccc2)cc1. The van der Waals surface area contributed by atoms with Crippen LogP contribution in [0.3, 0.4) is 0 Å². The fourth-order valence-electron chi connectivity index (χ4n) is 1.68. The van der Waals surface area contributed by atoms with Gasteiger partial charge >= 0.3 is 5.97 Å². The van der Waals surface area contributed by atoms with E-state index in [2.05, 4.69) is 5.16 Å². The lowest BCUT2D eigenvalue weighted by Gasteiger charge is -2.02. The Kier molecular flexibility index (Phi) is 4.50. The molecule has 0 unspecified atom stereocenters. The molecule has 20 heavy (non-hydrogen) atoms. The molecule has 0 heterocycles. The first-order valence-electron chi connectivity index (χ1n) is 6.29. The van der Waals surface area contributed by atoms with Gasteiger partial charge in [-0.25, -0.2) is 4.79 Å². The monoisotopic (exact) mass is 268 g/mol. The third kappa shape index (κ3) is 3.95. The lowest BCUT2D eigenvalue weighted by Crippen LogP contribution is -2.16. The summed E-state index contributed by atoms with van der Waals surface area (Å²) in [6, 6.07) is 16.7. The van der Waals surface area contributed by atoms with E-state index in [-0.39, 0.29) is 5.84 Å². The van der Waals surface area contributed by atoms with Crippen LogP contribution in [0.25, 0.3) is 0 Å². The molecule has 0 radical (unpaired) electrons. The van der Waals surface area contributed by atoms with Gasteiger partial charge in [0.1, 0.15) is 5.84 Å². The second-order valence-corrected chi connectivity index (χ2v) is 4.49. The highest BCUT2D eigenvalue weighted by Gasteiger charge is 2.07. The summed E-state index contributed by atoms with van der Waals surface area (Å²) in [5.41, 5.74) is 8.27. The zero-order valence-corrected chi connectivity index (χ0v) is 11.2. The number of carbonyl (C=O) groups excluding carboxylic acids is 1. The van der Waals surface area contributed by atoms with Gasteiger partial charge in [-0.3, -0.25) is 0 Å². The minimum absolute atomic E-state index is 0.261. The van der Waals surface area contributed by atoms with Crippen LogP contribution in [0.5, 0.6) is 0 Å². The predicted octanol–water partition coefficient (Wildman–Crippen LogP) is 2.67. The largest absolute Gasteiger partial charge is 0.384 e. The molecule has 0 aliphatic carbocycles. The first-order chi connectivity index (χ1) is 9.65. The van der Waals surface area contributed by atoms with Crippen molar-refractivity contribution in [3.05, 3.63) is 71.3 Å². The number of nitrogens with zero attached hydrogens (tertiary/aromatic N) is 1. The molecule has 2 aromatic rings. The third-order valence-electron chi connectivity index (χ3n) is 2.76. The fraction of sp³-hybridized carbons (Fsp3) is 0.125. The van der Waals surface area contributed by atoms with Crippen molar-refractivity contribution in [2.24, 2.45) is 10.9 Å². The predicted molar refractivity (Wildman–Crippen MR) is 78.4 cm³/mol. The molecule has 0 saturated carbocycles. The summed E-state index contributed by atoms with van der Waals surface area (Å²) < 4.78 is 0. The molecular weight excluding hydrogens is 252 g/mol. The summed E-state index contributed by atoms with van der Waals surface area (Å²) in [6.45, 7) is 1.95. The van der Waals surface area contributed by atoms with Crippen molar-refractivity contribution in [1.29, 1.82) is 0 Å². The van der Waals surface area contributed by atoms with Gasteiger partial charge in [0.15, 0.2) is 0 Å². The van der Waals surface area contributed by atoms with Crippen LogP contribution in [0.4, 0.5) is 0 Å². The van der Waals surface area contributed by atoms with E-state index in [1.165, 1.54) is 0 Å². The summed E-state index contributed by atoms with van der Waals surface area (Å²) in [5, 5.41) is 3.66. The molecule has 0 spiro atoms. The van der Waals surface area contributed by atoms with Crippen LogP contribution in [-0.2, 0) is 11.3 Å². The highest BCUT2D eigenvalue weighted by molar-refractivity contribution is 5.90. The number of aryl methyl sites for hydroxylation is 1. The van der Waals surface area contributed by atoms with Crippen LogP contribution in [0.15, 0.2) is 59.8 Å². The Hall–Kier alpha value is -2.62. The van der Waals surface area contributed by atoms with Crippen molar-refractivity contribution in [2.45, 2.75) is 13.3 Å². The van der Waals surface area contributed by atoms with Crippen LogP contribution in [0.2, 0.25) is 0 Å². The minimum atomic E-state index is -0.513. The van der Waals surface area contributed by atoms with E-state index in [0.29, 0.717) is 12.0 Å². The Morgan fingerprint density at radius 3 is 2.40 bits per heavy atom. The van der Waals surface area contributed by atoms with Crippen molar-refractivity contribution in [3.8, 4) is 0 Å². The number of oxime groups is 1. The molecule has 0 amide bonds. The first kappa shape index (κ1) is 13.8. The van der Waals surface area contributed by atoms with E-state index in [1.807, 2.05) is 49.4 Å². The molecule has 4 heteroatoms. The molecule has 102 valence electrons. The minimum Gasteiger partial charge on any atom is -0.384 e. The Balaban J connectivity index is 1.94. The summed E-state index contributed by atoms with van der Waals surface area (Å²) in [7, 11) is 0. The maximum absolute atomic E-state index is 11.7. The average molecular weight is 268 g/mol. The van der Waals surface area contributed by atoms with Gasteiger partial charge in [0, 0.05) is 6.42 Å². The number of nitrogens with two attached hydrogens (primary N) is 1. The lowest BCUT2D eigenvalue weighted by atomic mass is 10.1. The van der Waals surface area contributed by atoms with Crippen LogP contribution < -0.4 is 5.73 Å². The Bertz CT molecular complexity index is 604. The van der Waals surface area contributed by atoms with Crippen molar-refractivity contribution < 1.29 is 9.63 Å². The van der Waals surface area contributed by atoms with E-state index in [9.17, 15) is 4.79 Å².